The van der Waals surface area contributed by atoms with E-state index in [0.29, 0.717) is 12.0 Å². The summed E-state index contributed by atoms with van der Waals surface area (Å²) >= 11 is 3.65. The van der Waals surface area contributed by atoms with Crippen LogP contribution in [0, 0.1) is 0 Å². The minimum atomic E-state index is 0.426. The zero-order valence-electron chi connectivity index (χ0n) is 11.7. The molecule has 2 rings (SSSR count). The van der Waals surface area contributed by atoms with Gasteiger partial charge in [-0.25, -0.2) is 4.98 Å². The fraction of sp³-hybridized carbons (Fsp3) is 0.846. The lowest BCUT2D eigenvalue weighted by Gasteiger charge is -2.23. The lowest BCUT2D eigenvalue weighted by atomic mass is 10.2. The first kappa shape index (κ1) is 14.1. The summed E-state index contributed by atoms with van der Waals surface area (Å²) < 4.78 is 4.45. The molecule has 0 amide bonds. The number of nitrogens with zero attached hydrogens (tertiary/aromatic N) is 3. The monoisotopic (exact) mass is 285 g/mol. The molecule has 0 aromatic carbocycles. The normalized spacial score (nSPS) is 23.8. The number of thioether (sulfide) groups is 1. The fourth-order valence-corrected chi connectivity index (χ4v) is 4.39. The topological polar surface area (TPSA) is 29.0 Å². The first-order valence-electron chi connectivity index (χ1n) is 6.79. The van der Waals surface area contributed by atoms with Crippen LogP contribution in [0.3, 0.4) is 0 Å². The molecule has 0 spiro atoms. The molecule has 0 saturated heterocycles. The van der Waals surface area contributed by atoms with Crippen molar-refractivity contribution < 1.29 is 0 Å². The van der Waals surface area contributed by atoms with E-state index in [4.69, 9.17) is 0 Å². The minimum absolute atomic E-state index is 0.426. The van der Waals surface area contributed by atoms with Crippen molar-refractivity contribution in [2.24, 2.45) is 0 Å². The Bertz CT molecular complexity index is 378. The van der Waals surface area contributed by atoms with E-state index in [1.54, 1.807) is 11.5 Å². The van der Waals surface area contributed by atoms with Crippen LogP contribution >= 0.6 is 23.3 Å². The quantitative estimate of drug-likeness (QED) is 0.823. The van der Waals surface area contributed by atoms with Crippen molar-refractivity contribution in [3.05, 3.63) is 5.82 Å². The highest BCUT2D eigenvalue weighted by Crippen LogP contribution is 2.34. The maximum absolute atomic E-state index is 4.65. The third-order valence-corrected chi connectivity index (χ3v) is 5.61. The Morgan fingerprint density at radius 3 is 2.83 bits per heavy atom. The second kappa shape index (κ2) is 6.24. The van der Waals surface area contributed by atoms with Crippen LogP contribution in [0.15, 0.2) is 0 Å². The summed E-state index contributed by atoms with van der Waals surface area (Å²) in [5.74, 6) is 2.65. The Morgan fingerprint density at radius 2 is 2.22 bits per heavy atom. The van der Waals surface area contributed by atoms with Gasteiger partial charge in [0, 0.05) is 35.8 Å². The van der Waals surface area contributed by atoms with E-state index in [9.17, 15) is 0 Å². The smallest absolute Gasteiger partial charge is 0.205 e. The van der Waals surface area contributed by atoms with Gasteiger partial charge in [-0.3, -0.25) is 0 Å². The summed E-state index contributed by atoms with van der Waals surface area (Å²) in [4.78, 5) is 7.00. The molecule has 0 radical (unpaired) electrons. The highest BCUT2D eigenvalue weighted by molar-refractivity contribution is 7.99. The number of rotatable bonds is 5. The Balaban J connectivity index is 1.96. The Kier molecular flexibility index (Phi) is 4.90. The van der Waals surface area contributed by atoms with Crippen LogP contribution in [0.25, 0.3) is 0 Å². The molecule has 1 saturated carbocycles. The van der Waals surface area contributed by atoms with Gasteiger partial charge in [-0.05, 0) is 25.0 Å². The van der Waals surface area contributed by atoms with Gasteiger partial charge in [0.1, 0.15) is 5.82 Å². The molecule has 18 heavy (non-hydrogen) atoms. The highest BCUT2D eigenvalue weighted by atomic mass is 32.2. The predicted molar refractivity (Wildman–Crippen MR) is 82.0 cm³/mol. The van der Waals surface area contributed by atoms with Crippen molar-refractivity contribution in [3.8, 4) is 0 Å². The maximum Gasteiger partial charge on any atom is 0.205 e. The summed E-state index contributed by atoms with van der Waals surface area (Å²) in [6.07, 6.45) is 3.94. The predicted octanol–water partition coefficient (Wildman–Crippen LogP) is 3.77. The highest BCUT2D eigenvalue weighted by Gasteiger charge is 2.29. The molecule has 1 fully saturated rings. The molecule has 102 valence electrons. The SMILES string of the molecule is CCSC1CCC(N(C)c2nc(C(C)C)ns2)C1. The van der Waals surface area contributed by atoms with Crippen molar-refractivity contribution in [2.45, 2.75) is 57.2 Å². The van der Waals surface area contributed by atoms with Gasteiger partial charge < -0.3 is 4.90 Å². The summed E-state index contributed by atoms with van der Waals surface area (Å²) in [5.41, 5.74) is 0. The Morgan fingerprint density at radius 1 is 1.44 bits per heavy atom. The van der Waals surface area contributed by atoms with Crippen LogP contribution in [-0.4, -0.2) is 33.4 Å². The van der Waals surface area contributed by atoms with E-state index in [-0.39, 0.29) is 0 Å². The average Bonchev–Trinajstić information content (AvgIpc) is 2.97. The van der Waals surface area contributed by atoms with Gasteiger partial charge >= 0.3 is 0 Å². The molecule has 1 aromatic rings. The lowest BCUT2D eigenvalue weighted by molar-refractivity contribution is 0.650. The molecule has 3 nitrogen and oxygen atoms in total. The summed E-state index contributed by atoms with van der Waals surface area (Å²) in [7, 11) is 2.17. The lowest BCUT2D eigenvalue weighted by Crippen LogP contribution is -2.29. The van der Waals surface area contributed by atoms with Gasteiger partial charge in [0.05, 0.1) is 0 Å². The van der Waals surface area contributed by atoms with Crippen molar-refractivity contribution in [1.29, 1.82) is 0 Å². The van der Waals surface area contributed by atoms with E-state index in [0.717, 1.165) is 16.2 Å². The Labute approximate surface area is 119 Å². The van der Waals surface area contributed by atoms with Gasteiger partial charge in [-0.15, -0.1) is 0 Å². The fourth-order valence-electron chi connectivity index (χ4n) is 2.42. The van der Waals surface area contributed by atoms with Crippen LogP contribution in [0.4, 0.5) is 5.13 Å². The van der Waals surface area contributed by atoms with Crippen molar-refractivity contribution in [1.82, 2.24) is 9.36 Å². The van der Waals surface area contributed by atoms with Crippen LogP contribution in [0.5, 0.6) is 0 Å². The maximum atomic E-state index is 4.65. The Hall–Kier alpha value is -0.290. The van der Waals surface area contributed by atoms with E-state index in [1.807, 2.05) is 0 Å². The third-order valence-electron chi connectivity index (χ3n) is 3.56. The number of anilines is 1. The summed E-state index contributed by atoms with van der Waals surface area (Å²) in [6.45, 7) is 6.55. The molecule has 1 aliphatic carbocycles. The second-order valence-corrected chi connectivity index (χ2v) is 7.55. The summed E-state index contributed by atoms with van der Waals surface area (Å²) in [6, 6.07) is 0.655. The molecule has 5 heteroatoms. The molecular formula is C13H23N3S2. The molecule has 2 unspecified atom stereocenters. The first-order chi connectivity index (χ1) is 8.61. The standard InChI is InChI=1S/C13H23N3S2/c1-5-17-11-7-6-10(8-11)16(4)13-14-12(9(2)3)15-18-13/h9-11H,5-8H2,1-4H3. The largest absolute Gasteiger partial charge is 0.347 e. The first-order valence-corrected chi connectivity index (χ1v) is 8.62. The van der Waals surface area contributed by atoms with E-state index >= 15 is 0 Å². The second-order valence-electron chi connectivity index (χ2n) is 5.24. The van der Waals surface area contributed by atoms with E-state index < -0.39 is 0 Å². The van der Waals surface area contributed by atoms with Gasteiger partial charge in [0.2, 0.25) is 5.13 Å². The molecule has 1 heterocycles. The summed E-state index contributed by atoms with van der Waals surface area (Å²) in [5, 5.41) is 1.94. The molecule has 0 bridgehead atoms. The van der Waals surface area contributed by atoms with Gasteiger partial charge in [-0.2, -0.15) is 16.1 Å². The van der Waals surface area contributed by atoms with Crippen LogP contribution in [0.2, 0.25) is 0 Å². The zero-order valence-corrected chi connectivity index (χ0v) is 13.4. The molecule has 1 aliphatic rings. The number of hydrogen-bond acceptors (Lipinski definition) is 5. The zero-order chi connectivity index (χ0) is 13.1. The number of aromatic nitrogens is 2. The third kappa shape index (κ3) is 3.18. The van der Waals surface area contributed by atoms with E-state index in [2.05, 4.69) is 53.8 Å². The molecule has 0 aliphatic heterocycles. The van der Waals surface area contributed by atoms with Gasteiger partial charge in [-0.1, -0.05) is 20.8 Å². The molecule has 0 N–H and O–H groups in total. The van der Waals surface area contributed by atoms with Crippen molar-refractivity contribution >= 4 is 28.4 Å². The molecule has 1 aromatic heterocycles. The molecule has 2 atom stereocenters. The van der Waals surface area contributed by atoms with E-state index in [1.165, 1.54) is 25.0 Å². The average molecular weight is 285 g/mol. The minimum Gasteiger partial charge on any atom is -0.347 e. The van der Waals surface area contributed by atoms with Crippen LogP contribution < -0.4 is 4.90 Å². The van der Waals surface area contributed by atoms with Crippen molar-refractivity contribution in [3.63, 3.8) is 0 Å². The van der Waals surface area contributed by atoms with Gasteiger partial charge in [0.25, 0.3) is 0 Å². The van der Waals surface area contributed by atoms with Crippen molar-refractivity contribution in [2.75, 3.05) is 17.7 Å². The van der Waals surface area contributed by atoms with Gasteiger partial charge in [0.15, 0.2) is 0 Å². The van der Waals surface area contributed by atoms with Crippen LogP contribution in [-0.2, 0) is 0 Å². The number of hydrogen-bond donors (Lipinski definition) is 0. The molecular weight excluding hydrogens is 262 g/mol. The van der Waals surface area contributed by atoms with Crippen LogP contribution in [0.1, 0.15) is 51.8 Å².